The van der Waals surface area contributed by atoms with Crippen LogP contribution in [-0.2, 0) is 17.9 Å². The van der Waals surface area contributed by atoms with Crippen LogP contribution in [0.15, 0.2) is 42.5 Å². The van der Waals surface area contributed by atoms with E-state index >= 15 is 0 Å². The summed E-state index contributed by atoms with van der Waals surface area (Å²) in [7, 11) is 0. The molecule has 4 aromatic rings. The fraction of sp³-hybridized carbons (Fsp3) is 0.419. The lowest BCUT2D eigenvalue weighted by atomic mass is 9.77. The van der Waals surface area contributed by atoms with Crippen molar-refractivity contribution in [3.63, 3.8) is 0 Å². The lowest BCUT2D eigenvalue weighted by molar-refractivity contribution is -0.0591. The predicted molar refractivity (Wildman–Crippen MR) is 146 cm³/mol. The van der Waals surface area contributed by atoms with Crippen LogP contribution in [0.1, 0.15) is 83.5 Å². The smallest absolute Gasteiger partial charge is 0.352 e. The summed E-state index contributed by atoms with van der Waals surface area (Å²) in [5.74, 6) is 0.738. The molecule has 4 heterocycles. The topological polar surface area (TPSA) is 126 Å². The summed E-state index contributed by atoms with van der Waals surface area (Å²) in [4.78, 5) is 24.3. The first-order chi connectivity index (χ1) is 19.9. The third-order valence-electron chi connectivity index (χ3n) is 9.17. The summed E-state index contributed by atoms with van der Waals surface area (Å²) in [6.45, 7) is 1.50. The highest BCUT2D eigenvalue weighted by atomic mass is 19.1. The number of nitrogens with zero attached hydrogens (tertiary/aromatic N) is 4. The minimum atomic E-state index is -0.985. The van der Waals surface area contributed by atoms with Gasteiger partial charge in [0.2, 0.25) is 5.88 Å². The van der Waals surface area contributed by atoms with E-state index < -0.39 is 11.8 Å². The van der Waals surface area contributed by atoms with Crippen LogP contribution in [0, 0.1) is 22.6 Å². The fourth-order valence-corrected chi connectivity index (χ4v) is 6.60. The molecule has 0 amide bonds. The van der Waals surface area contributed by atoms with E-state index in [0.717, 1.165) is 62.3 Å². The first kappa shape index (κ1) is 25.7. The summed E-state index contributed by atoms with van der Waals surface area (Å²) >= 11 is 0. The van der Waals surface area contributed by atoms with Crippen LogP contribution in [0.4, 0.5) is 4.39 Å². The van der Waals surface area contributed by atoms with Crippen LogP contribution in [0.2, 0.25) is 0 Å². The Morgan fingerprint density at radius 2 is 2.05 bits per heavy atom. The van der Waals surface area contributed by atoms with E-state index in [9.17, 15) is 14.3 Å². The minimum Gasteiger partial charge on any atom is -0.477 e. The van der Waals surface area contributed by atoms with Crippen molar-refractivity contribution in [1.29, 1.82) is 5.26 Å². The number of carboxylic acid groups (broad SMARTS) is 1. The monoisotopic (exact) mass is 555 g/mol. The zero-order valence-electron chi connectivity index (χ0n) is 22.5. The van der Waals surface area contributed by atoms with E-state index in [4.69, 9.17) is 24.7 Å². The molecule has 2 saturated carbocycles. The third kappa shape index (κ3) is 4.74. The normalized spacial score (nSPS) is 25.1. The van der Waals surface area contributed by atoms with Crippen LogP contribution >= 0.6 is 0 Å². The van der Waals surface area contributed by atoms with Gasteiger partial charge in [0, 0.05) is 35.8 Å². The highest BCUT2D eigenvalue weighted by Crippen LogP contribution is 2.67. The van der Waals surface area contributed by atoms with Gasteiger partial charge < -0.3 is 24.1 Å². The van der Waals surface area contributed by atoms with Crippen molar-refractivity contribution in [2.45, 2.75) is 69.6 Å². The number of H-pyrrole nitrogens is 1. The molecule has 210 valence electrons. The molecule has 1 aliphatic heterocycles. The van der Waals surface area contributed by atoms with Gasteiger partial charge in [-0.1, -0.05) is 12.1 Å². The van der Waals surface area contributed by atoms with Crippen molar-refractivity contribution < 1.29 is 23.8 Å². The van der Waals surface area contributed by atoms with Gasteiger partial charge in [0.25, 0.3) is 0 Å². The Kier molecular flexibility index (Phi) is 6.27. The molecule has 41 heavy (non-hydrogen) atoms. The number of halogens is 1. The van der Waals surface area contributed by atoms with Crippen LogP contribution in [-0.4, -0.2) is 43.3 Å². The van der Waals surface area contributed by atoms with Crippen LogP contribution < -0.4 is 4.74 Å². The summed E-state index contributed by atoms with van der Waals surface area (Å²) in [5, 5.41) is 18.4. The van der Waals surface area contributed by atoms with E-state index in [-0.39, 0.29) is 29.4 Å². The Bertz CT molecular complexity index is 1680. The molecule has 0 bridgehead atoms. The SMILES string of the molecule is N#Cc1ccc(COc2cccc(C3CCC4(CC3)CC4c3nc4cc(C(=O)O)[nH]c4n3CC3CCO3)n2)c(F)c1. The van der Waals surface area contributed by atoms with Gasteiger partial charge in [-0.25, -0.2) is 19.2 Å². The molecule has 2 atom stereocenters. The standard InChI is InChI=1S/C31H30FN5O4/c32-23-12-18(15-33)4-5-20(23)17-41-27-3-1-2-24(34-27)19-6-9-31(10-7-19)14-22(31)28-35-25-13-26(30(38)39)36-29(25)37(28)16-21-8-11-40-21/h1-5,12-13,19,21-22,36H,6-11,14,16-17H2,(H,38,39). The maximum atomic E-state index is 14.3. The second-order valence-electron chi connectivity index (χ2n) is 11.6. The Morgan fingerprint density at radius 1 is 1.22 bits per heavy atom. The molecule has 2 unspecified atom stereocenters. The molecule has 2 aliphatic carbocycles. The van der Waals surface area contributed by atoms with E-state index in [1.165, 1.54) is 6.07 Å². The zero-order chi connectivity index (χ0) is 28.1. The molecule has 3 aliphatic rings. The minimum absolute atomic E-state index is 0.0456. The Labute approximate surface area is 235 Å². The molecule has 1 saturated heterocycles. The maximum Gasteiger partial charge on any atom is 0.352 e. The number of aromatic carboxylic acids is 1. The van der Waals surface area contributed by atoms with E-state index in [0.29, 0.717) is 35.3 Å². The molecule has 0 radical (unpaired) electrons. The number of aromatic nitrogens is 4. The van der Waals surface area contributed by atoms with Gasteiger partial charge in [0.05, 0.1) is 24.3 Å². The van der Waals surface area contributed by atoms with Gasteiger partial charge in [-0.2, -0.15) is 5.26 Å². The predicted octanol–water partition coefficient (Wildman–Crippen LogP) is 5.67. The van der Waals surface area contributed by atoms with E-state index in [1.54, 1.807) is 24.3 Å². The van der Waals surface area contributed by atoms with Gasteiger partial charge in [0.1, 0.15) is 35.1 Å². The summed E-state index contributed by atoms with van der Waals surface area (Å²) in [5.41, 5.74) is 3.50. The van der Waals surface area contributed by atoms with Crippen LogP contribution in [0.25, 0.3) is 11.2 Å². The lowest BCUT2D eigenvalue weighted by Crippen LogP contribution is -2.32. The number of hydrogen-bond donors (Lipinski definition) is 2. The summed E-state index contributed by atoms with van der Waals surface area (Å²) in [6.07, 6.45) is 6.42. The number of nitrogens with one attached hydrogen (secondary N) is 1. The second kappa shape index (κ2) is 10.00. The Hall–Kier alpha value is -4.23. The number of rotatable bonds is 8. The van der Waals surface area contributed by atoms with E-state index in [2.05, 4.69) is 9.55 Å². The van der Waals surface area contributed by atoms with Crippen molar-refractivity contribution in [3.05, 3.63) is 76.6 Å². The molecule has 2 N–H and O–H groups in total. The summed E-state index contributed by atoms with van der Waals surface area (Å²) < 4.78 is 27.9. The number of carboxylic acids is 1. The molecule has 3 fully saturated rings. The Balaban J connectivity index is 1.02. The van der Waals surface area contributed by atoms with Crippen molar-refractivity contribution in [2.24, 2.45) is 5.41 Å². The van der Waals surface area contributed by atoms with E-state index in [1.807, 2.05) is 18.2 Å². The average molecular weight is 556 g/mol. The van der Waals surface area contributed by atoms with Gasteiger partial charge in [-0.05, 0) is 68.2 Å². The molecule has 9 nitrogen and oxygen atoms in total. The van der Waals surface area contributed by atoms with Crippen molar-refractivity contribution >= 4 is 17.1 Å². The van der Waals surface area contributed by atoms with Gasteiger partial charge in [-0.15, -0.1) is 0 Å². The number of benzene rings is 1. The quantitative estimate of drug-likeness (QED) is 0.287. The number of imidazole rings is 1. The fourth-order valence-electron chi connectivity index (χ4n) is 6.60. The number of aromatic amines is 1. The highest BCUT2D eigenvalue weighted by Gasteiger charge is 2.57. The molecule has 7 rings (SSSR count). The number of ether oxygens (including phenoxy) is 2. The molecule has 3 aromatic heterocycles. The maximum absolute atomic E-state index is 14.3. The molecular weight excluding hydrogens is 525 g/mol. The number of pyridine rings is 1. The third-order valence-corrected chi connectivity index (χ3v) is 9.17. The highest BCUT2D eigenvalue weighted by molar-refractivity contribution is 5.91. The van der Waals surface area contributed by atoms with Crippen molar-refractivity contribution in [3.8, 4) is 11.9 Å². The number of nitriles is 1. The first-order valence-corrected chi connectivity index (χ1v) is 14.1. The van der Waals surface area contributed by atoms with Crippen molar-refractivity contribution in [1.82, 2.24) is 19.5 Å². The van der Waals surface area contributed by atoms with Gasteiger partial charge in [0.15, 0.2) is 0 Å². The number of fused-ring (bicyclic) bond motifs is 1. The van der Waals surface area contributed by atoms with Crippen molar-refractivity contribution in [2.75, 3.05) is 6.61 Å². The molecule has 10 heteroatoms. The average Bonchev–Trinajstić information content (AvgIpc) is 3.30. The van der Waals surface area contributed by atoms with Crippen LogP contribution in [0.5, 0.6) is 5.88 Å². The first-order valence-electron chi connectivity index (χ1n) is 14.1. The molecule has 1 spiro atoms. The number of carbonyl (C=O) groups is 1. The molecule has 1 aromatic carbocycles. The largest absolute Gasteiger partial charge is 0.477 e. The van der Waals surface area contributed by atoms with Crippen LogP contribution in [0.3, 0.4) is 0 Å². The van der Waals surface area contributed by atoms with Gasteiger partial charge in [-0.3, -0.25) is 0 Å². The Morgan fingerprint density at radius 3 is 2.76 bits per heavy atom. The summed E-state index contributed by atoms with van der Waals surface area (Å²) in [6, 6.07) is 13.7. The number of hydrogen-bond acceptors (Lipinski definition) is 6. The molecular formula is C31H30FN5O4. The zero-order valence-corrected chi connectivity index (χ0v) is 22.5. The lowest BCUT2D eigenvalue weighted by Gasteiger charge is -2.30. The van der Waals surface area contributed by atoms with Gasteiger partial charge >= 0.3 is 5.97 Å². The second-order valence-corrected chi connectivity index (χ2v) is 11.6.